The van der Waals surface area contributed by atoms with E-state index in [9.17, 15) is 0 Å². The highest BCUT2D eigenvalue weighted by Crippen LogP contribution is 2.25. The Morgan fingerprint density at radius 1 is 1.36 bits per heavy atom. The van der Waals surface area contributed by atoms with Crippen LogP contribution in [0.3, 0.4) is 0 Å². The van der Waals surface area contributed by atoms with E-state index in [1.165, 1.54) is 18.5 Å². The highest BCUT2D eigenvalue weighted by molar-refractivity contribution is 5.51. The van der Waals surface area contributed by atoms with Crippen molar-refractivity contribution < 1.29 is 0 Å². The SMILES string of the molecule is C[C@@H]1CCCN1c1ccc(C#N)cc1. The van der Waals surface area contributed by atoms with Crippen molar-refractivity contribution in [2.45, 2.75) is 25.8 Å². The normalized spacial score (nSPS) is 20.9. The molecule has 1 aliphatic rings. The fraction of sp³-hybridized carbons (Fsp3) is 0.417. The molecule has 0 aromatic heterocycles. The van der Waals surface area contributed by atoms with Gasteiger partial charge in [-0.1, -0.05) is 0 Å². The molecule has 0 aliphatic carbocycles. The predicted octanol–water partition coefficient (Wildman–Crippen LogP) is 2.55. The van der Waals surface area contributed by atoms with Gasteiger partial charge < -0.3 is 4.90 Å². The summed E-state index contributed by atoms with van der Waals surface area (Å²) < 4.78 is 0. The first-order valence-corrected chi connectivity index (χ1v) is 5.08. The van der Waals surface area contributed by atoms with E-state index >= 15 is 0 Å². The molecular formula is C12H14N2. The molecule has 0 N–H and O–H groups in total. The standard InChI is InChI=1S/C12H14N2/c1-10-3-2-8-14(10)12-6-4-11(9-13)5-7-12/h4-7,10H,2-3,8H2,1H3/t10-/m1/s1. The molecule has 1 aromatic rings. The third-order valence-electron chi connectivity index (χ3n) is 2.88. The van der Waals surface area contributed by atoms with Crippen LogP contribution in [-0.4, -0.2) is 12.6 Å². The maximum absolute atomic E-state index is 8.68. The first-order chi connectivity index (χ1) is 6.81. The molecule has 0 spiro atoms. The van der Waals surface area contributed by atoms with Gasteiger partial charge in [0.1, 0.15) is 0 Å². The summed E-state index contributed by atoms with van der Waals surface area (Å²) in [6.07, 6.45) is 2.56. The maximum atomic E-state index is 8.68. The molecule has 0 amide bonds. The van der Waals surface area contributed by atoms with Crippen molar-refractivity contribution in [1.82, 2.24) is 0 Å². The van der Waals surface area contributed by atoms with Crippen LogP contribution in [0.1, 0.15) is 25.3 Å². The smallest absolute Gasteiger partial charge is 0.0991 e. The van der Waals surface area contributed by atoms with Crippen LogP contribution in [0.25, 0.3) is 0 Å². The van der Waals surface area contributed by atoms with Crippen molar-refractivity contribution in [3.05, 3.63) is 29.8 Å². The van der Waals surface area contributed by atoms with Crippen molar-refractivity contribution in [2.75, 3.05) is 11.4 Å². The van der Waals surface area contributed by atoms with Crippen molar-refractivity contribution in [1.29, 1.82) is 5.26 Å². The third kappa shape index (κ3) is 1.58. The quantitative estimate of drug-likeness (QED) is 0.674. The second-order valence-electron chi connectivity index (χ2n) is 3.84. The van der Waals surface area contributed by atoms with Crippen LogP contribution >= 0.6 is 0 Å². The average molecular weight is 186 g/mol. The summed E-state index contributed by atoms with van der Waals surface area (Å²) in [5, 5.41) is 8.68. The lowest BCUT2D eigenvalue weighted by Crippen LogP contribution is -2.25. The molecule has 1 aromatic carbocycles. The Bertz CT molecular complexity index is 348. The minimum atomic E-state index is 0.642. The molecule has 0 saturated carbocycles. The Balaban J connectivity index is 2.21. The average Bonchev–Trinajstić information content (AvgIpc) is 2.65. The van der Waals surface area contributed by atoms with E-state index in [0.29, 0.717) is 6.04 Å². The van der Waals surface area contributed by atoms with Crippen LogP contribution in [-0.2, 0) is 0 Å². The second-order valence-corrected chi connectivity index (χ2v) is 3.84. The van der Waals surface area contributed by atoms with E-state index in [1.54, 1.807) is 0 Å². The van der Waals surface area contributed by atoms with Crippen LogP contribution in [0.4, 0.5) is 5.69 Å². The molecule has 1 saturated heterocycles. The lowest BCUT2D eigenvalue weighted by Gasteiger charge is -2.23. The largest absolute Gasteiger partial charge is 0.369 e. The summed E-state index contributed by atoms with van der Waals surface area (Å²) in [5.41, 5.74) is 1.98. The monoisotopic (exact) mass is 186 g/mol. The number of hydrogen-bond donors (Lipinski definition) is 0. The first-order valence-electron chi connectivity index (χ1n) is 5.08. The molecule has 2 heteroatoms. The van der Waals surface area contributed by atoms with Gasteiger partial charge in [-0.2, -0.15) is 5.26 Å². The summed E-state index contributed by atoms with van der Waals surface area (Å²) in [4.78, 5) is 2.40. The lowest BCUT2D eigenvalue weighted by molar-refractivity contribution is 0.735. The zero-order chi connectivity index (χ0) is 9.97. The van der Waals surface area contributed by atoms with E-state index < -0.39 is 0 Å². The molecule has 1 atom stereocenters. The summed E-state index contributed by atoms with van der Waals surface area (Å²) in [6, 6.07) is 10.6. The lowest BCUT2D eigenvalue weighted by atomic mass is 10.2. The van der Waals surface area contributed by atoms with E-state index in [2.05, 4.69) is 17.9 Å². The van der Waals surface area contributed by atoms with Crippen LogP contribution in [0, 0.1) is 11.3 Å². The Morgan fingerprint density at radius 2 is 2.07 bits per heavy atom. The van der Waals surface area contributed by atoms with Gasteiger partial charge in [0.15, 0.2) is 0 Å². The van der Waals surface area contributed by atoms with E-state index in [4.69, 9.17) is 5.26 Å². The van der Waals surface area contributed by atoms with E-state index in [-0.39, 0.29) is 0 Å². The van der Waals surface area contributed by atoms with Gasteiger partial charge in [0.25, 0.3) is 0 Å². The van der Waals surface area contributed by atoms with Gasteiger partial charge in [-0.05, 0) is 44.0 Å². The van der Waals surface area contributed by atoms with Gasteiger partial charge in [-0.15, -0.1) is 0 Å². The molecule has 72 valence electrons. The summed E-state index contributed by atoms with van der Waals surface area (Å²) in [7, 11) is 0. The molecule has 0 radical (unpaired) electrons. The van der Waals surface area contributed by atoms with E-state index in [0.717, 1.165) is 12.1 Å². The maximum Gasteiger partial charge on any atom is 0.0991 e. The minimum absolute atomic E-state index is 0.642. The summed E-state index contributed by atoms with van der Waals surface area (Å²) in [5.74, 6) is 0. The highest BCUT2D eigenvalue weighted by atomic mass is 15.2. The van der Waals surface area contributed by atoms with Crippen molar-refractivity contribution in [3.8, 4) is 6.07 Å². The van der Waals surface area contributed by atoms with Crippen molar-refractivity contribution >= 4 is 5.69 Å². The second kappa shape index (κ2) is 3.71. The minimum Gasteiger partial charge on any atom is -0.369 e. The predicted molar refractivity (Wildman–Crippen MR) is 57.2 cm³/mol. The molecule has 1 aliphatic heterocycles. The number of anilines is 1. The Hall–Kier alpha value is -1.49. The van der Waals surface area contributed by atoms with Crippen LogP contribution in [0.15, 0.2) is 24.3 Å². The molecule has 0 bridgehead atoms. The zero-order valence-electron chi connectivity index (χ0n) is 8.40. The van der Waals surface area contributed by atoms with Gasteiger partial charge in [0.05, 0.1) is 11.6 Å². The Kier molecular flexibility index (Phi) is 2.41. The molecule has 1 heterocycles. The van der Waals surface area contributed by atoms with Crippen LogP contribution in [0.2, 0.25) is 0 Å². The fourth-order valence-corrected chi connectivity index (χ4v) is 2.04. The molecule has 2 rings (SSSR count). The number of hydrogen-bond acceptors (Lipinski definition) is 2. The molecule has 14 heavy (non-hydrogen) atoms. The Labute approximate surface area is 84.8 Å². The van der Waals surface area contributed by atoms with Gasteiger partial charge >= 0.3 is 0 Å². The fourth-order valence-electron chi connectivity index (χ4n) is 2.04. The number of rotatable bonds is 1. The number of nitrogens with zero attached hydrogens (tertiary/aromatic N) is 2. The van der Waals surface area contributed by atoms with Crippen molar-refractivity contribution in [2.24, 2.45) is 0 Å². The van der Waals surface area contributed by atoms with Gasteiger partial charge in [0, 0.05) is 18.3 Å². The Morgan fingerprint density at radius 3 is 2.57 bits per heavy atom. The number of benzene rings is 1. The first kappa shape index (κ1) is 9.08. The van der Waals surface area contributed by atoms with Crippen molar-refractivity contribution in [3.63, 3.8) is 0 Å². The topological polar surface area (TPSA) is 27.0 Å². The van der Waals surface area contributed by atoms with Crippen LogP contribution in [0.5, 0.6) is 0 Å². The highest BCUT2D eigenvalue weighted by Gasteiger charge is 2.19. The van der Waals surface area contributed by atoms with Gasteiger partial charge in [0.2, 0.25) is 0 Å². The number of nitriles is 1. The molecule has 0 unspecified atom stereocenters. The van der Waals surface area contributed by atoms with Gasteiger partial charge in [-0.25, -0.2) is 0 Å². The van der Waals surface area contributed by atoms with E-state index in [1.807, 2.05) is 24.3 Å². The molecule has 2 nitrogen and oxygen atoms in total. The summed E-state index contributed by atoms with van der Waals surface area (Å²) in [6.45, 7) is 3.40. The van der Waals surface area contributed by atoms with Crippen LogP contribution < -0.4 is 4.90 Å². The van der Waals surface area contributed by atoms with Gasteiger partial charge in [-0.3, -0.25) is 0 Å². The third-order valence-corrected chi connectivity index (χ3v) is 2.88. The zero-order valence-corrected chi connectivity index (χ0v) is 8.40. The summed E-state index contributed by atoms with van der Waals surface area (Å²) >= 11 is 0. The molecule has 1 fully saturated rings. The molecular weight excluding hydrogens is 172 g/mol.